The van der Waals surface area contributed by atoms with Gasteiger partial charge in [0, 0.05) is 11.4 Å². The highest BCUT2D eigenvalue weighted by Crippen LogP contribution is 2.31. The van der Waals surface area contributed by atoms with Gasteiger partial charge in [0.1, 0.15) is 5.54 Å². The minimum Gasteiger partial charge on any atom is -0.349 e. The molecule has 1 fully saturated rings. The van der Waals surface area contributed by atoms with E-state index in [0.717, 1.165) is 10.4 Å². The zero-order valence-corrected chi connectivity index (χ0v) is 17.4. The van der Waals surface area contributed by atoms with Crippen LogP contribution in [0.15, 0.2) is 41.8 Å². The van der Waals surface area contributed by atoms with Crippen molar-refractivity contribution in [2.24, 2.45) is 0 Å². The van der Waals surface area contributed by atoms with Crippen LogP contribution in [0.2, 0.25) is 0 Å². The van der Waals surface area contributed by atoms with E-state index in [2.05, 4.69) is 38.2 Å². The van der Waals surface area contributed by atoms with E-state index < -0.39 is 5.54 Å². The van der Waals surface area contributed by atoms with E-state index in [1.54, 1.807) is 16.2 Å². The average molecular weight is 385 g/mol. The van der Waals surface area contributed by atoms with Crippen molar-refractivity contribution >= 4 is 23.2 Å². The Morgan fingerprint density at radius 3 is 2.41 bits per heavy atom. The second kappa shape index (κ2) is 7.47. The van der Waals surface area contributed by atoms with E-state index >= 15 is 0 Å². The highest BCUT2D eigenvalue weighted by atomic mass is 32.1. The standard InChI is InChI=1S/C22H28N2O2S/c1-21(2,3)17-9-7-16(8-10-17)14-19(25)24-12-11-22(24,4)20(26)23-15-18-6-5-13-27-18/h5-10,13H,11-12,14-15H2,1-4H3,(H,23,26). The van der Waals surface area contributed by atoms with Crippen LogP contribution in [0.1, 0.15) is 50.1 Å². The van der Waals surface area contributed by atoms with Crippen LogP contribution in [-0.2, 0) is 28.0 Å². The molecule has 1 saturated heterocycles. The molecule has 2 heterocycles. The van der Waals surface area contributed by atoms with E-state index in [1.165, 1.54) is 5.56 Å². The summed E-state index contributed by atoms with van der Waals surface area (Å²) >= 11 is 1.62. The fourth-order valence-corrected chi connectivity index (χ4v) is 4.00. The first-order valence-electron chi connectivity index (χ1n) is 9.41. The lowest BCUT2D eigenvalue weighted by atomic mass is 9.84. The van der Waals surface area contributed by atoms with Gasteiger partial charge in [0.05, 0.1) is 13.0 Å². The first-order chi connectivity index (χ1) is 12.7. The number of hydrogen-bond acceptors (Lipinski definition) is 3. The van der Waals surface area contributed by atoms with Crippen LogP contribution in [0.4, 0.5) is 0 Å². The summed E-state index contributed by atoms with van der Waals surface area (Å²) in [6.45, 7) is 9.54. The molecule has 144 valence electrons. The number of amides is 2. The van der Waals surface area contributed by atoms with Gasteiger partial charge in [-0.3, -0.25) is 9.59 Å². The largest absolute Gasteiger partial charge is 0.349 e. The number of nitrogens with zero attached hydrogens (tertiary/aromatic N) is 1. The lowest BCUT2D eigenvalue weighted by Crippen LogP contribution is -2.67. The van der Waals surface area contributed by atoms with Crippen LogP contribution in [0.5, 0.6) is 0 Å². The van der Waals surface area contributed by atoms with Crippen molar-refractivity contribution in [3.63, 3.8) is 0 Å². The summed E-state index contributed by atoms with van der Waals surface area (Å²) < 4.78 is 0. The molecule has 0 saturated carbocycles. The molecule has 5 heteroatoms. The molecule has 2 aromatic rings. The fraction of sp³-hybridized carbons (Fsp3) is 0.455. The number of carbonyl (C=O) groups excluding carboxylic acids is 2. The van der Waals surface area contributed by atoms with E-state index in [0.29, 0.717) is 25.9 Å². The molecule has 1 N–H and O–H groups in total. The minimum atomic E-state index is -0.736. The van der Waals surface area contributed by atoms with Crippen molar-refractivity contribution in [2.45, 2.75) is 58.0 Å². The number of thiophene rings is 1. The summed E-state index contributed by atoms with van der Waals surface area (Å²) in [4.78, 5) is 28.3. The molecular formula is C22H28N2O2S. The molecule has 1 aliphatic heterocycles. The summed E-state index contributed by atoms with van der Waals surface area (Å²) in [5.74, 6) is -0.0582. The molecule has 1 aromatic heterocycles. The lowest BCUT2D eigenvalue weighted by molar-refractivity contribution is -0.157. The Balaban J connectivity index is 1.60. The van der Waals surface area contributed by atoms with Crippen molar-refractivity contribution < 1.29 is 9.59 Å². The average Bonchev–Trinajstić information content (AvgIpc) is 3.11. The van der Waals surface area contributed by atoms with Crippen LogP contribution in [0.3, 0.4) is 0 Å². The minimum absolute atomic E-state index is 0.0125. The third-order valence-electron chi connectivity index (χ3n) is 5.39. The molecule has 0 aliphatic carbocycles. The Bertz CT molecular complexity index is 806. The van der Waals surface area contributed by atoms with E-state index in [1.807, 2.05) is 36.6 Å². The summed E-state index contributed by atoms with van der Waals surface area (Å²) in [5, 5.41) is 4.97. The molecule has 1 aliphatic rings. The van der Waals surface area contributed by atoms with Gasteiger partial charge in [-0.15, -0.1) is 11.3 Å². The van der Waals surface area contributed by atoms with Crippen molar-refractivity contribution in [2.75, 3.05) is 6.54 Å². The zero-order chi connectivity index (χ0) is 19.7. The topological polar surface area (TPSA) is 49.4 Å². The van der Waals surface area contributed by atoms with Crippen molar-refractivity contribution in [1.29, 1.82) is 0 Å². The summed E-state index contributed by atoms with van der Waals surface area (Å²) in [6.07, 6.45) is 1.04. The molecule has 2 amide bonds. The fourth-order valence-electron chi connectivity index (χ4n) is 3.36. The van der Waals surface area contributed by atoms with Crippen LogP contribution < -0.4 is 5.32 Å². The summed E-state index contributed by atoms with van der Waals surface area (Å²) in [6, 6.07) is 12.2. The Labute approximate surface area is 165 Å². The first kappa shape index (κ1) is 19.6. The third kappa shape index (κ3) is 4.24. The number of benzene rings is 1. The molecule has 0 radical (unpaired) electrons. The van der Waals surface area contributed by atoms with Crippen LogP contribution in [0.25, 0.3) is 0 Å². The molecule has 0 spiro atoms. The SMILES string of the molecule is CC(C)(C)c1ccc(CC(=O)N2CCC2(C)C(=O)NCc2cccs2)cc1. The van der Waals surface area contributed by atoms with Crippen molar-refractivity contribution in [3.05, 3.63) is 57.8 Å². The monoisotopic (exact) mass is 384 g/mol. The van der Waals surface area contributed by atoms with Gasteiger partial charge in [-0.2, -0.15) is 0 Å². The third-order valence-corrected chi connectivity index (χ3v) is 6.26. The van der Waals surface area contributed by atoms with E-state index in [-0.39, 0.29) is 17.2 Å². The highest BCUT2D eigenvalue weighted by Gasteiger charge is 2.49. The Morgan fingerprint density at radius 1 is 1.19 bits per heavy atom. The maximum atomic E-state index is 12.8. The van der Waals surface area contributed by atoms with Gasteiger partial charge >= 0.3 is 0 Å². The Kier molecular flexibility index (Phi) is 5.43. The molecule has 1 atom stereocenters. The van der Waals surface area contributed by atoms with Gasteiger partial charge < -0.3 is 10.2 Å². The summed E-state index contributed by atoms with van der Waals surface area (Å²) in [7, 11) is 0. The molecule has 1 aromatic carbocycles. The molecule has 3 rings (SSSR count). The maximum Gasteiger partial charge on any atom is 0.246 e. The number of rotatable bonds is 5. The zero-order valence-electron chi connectivity index (χ0n) is 16.5. The lowest BCUT2D eigenvalue weighted by Gasteiger charge is -2.49. The Hall–Kier alpha value is -2.14. The second-order valence-corrected chi connectivity index (χ2v) is 9.49. The van der Waals surface area contributed by atoms with Gasteiger partial charge in [-0.1, -0.05) is 51.1 Å². The van der Waals surface area contributed by atoms with Gasteiger partial charge in [-0.05, 0) is 41.3 Å². The van der Waals surface area contributed by atoms with E-state index in [4.69, 9.17) is 0 Å². The molecule has 4 nitrogen and oxygen atoms in total. The van der Waals surface area contributed by atoms with Crippen LogP contribution >= 0.6 is 11.3 Å². The molecule has 27 heavy (non-hydrogen) atoms. The molecule has 1 unspecified atom stereocenters. The second-order valence-electron chi connectivity index (χ2n) is 8.45. The number of likely N-dealkylation sites (tertiary alicyclic amines) is 1. The predicted molar refractivity (Wildman–Crippen MR) is 110 cm³/mol. The van der Waals surface area contributed by atoms with Gasteiger partial charge in [0.15, 0.2) is 0 Å². The van der Waals surface area contributed by atoms with Gasteiger partial charge in [0.25, 0.3) is 0 Å². The van der Waals surface area contributed by atoms with Crippen LogP contribution in [-0.4, -0.2) is 28.8 Å². The normalized spacial score (nSPS) is 19.5. The molecular weight excluding hydrogens is 356 g/mol. The first-order valence-corrected chi connectivity index (χ1v) is 10.3. The number of carbonyl (C=O) groups is 2. The summed E-state index contributed by atoms with van der Waals surface area (Å²) in [5.41, 5.74) is 1.60. The number of nitrogens with one attached hydrogen (secondary N) is 1. The van der Waals surface area contributed by atoms with Crippen molar-refractivity contribution in [3.8, 4) is 0 Å². The van der Waals surface area contributed by atoms with Gasteiger partial charge in [0.2, 0.25) is 11.8 Å². The quantitative estimate of drug-likeness (QED) is 0.850. The smallest absolute Gasteiger partial charge is 0.246 e. The highest BCUT2D eigenvalue weighted by molar-refractivity contribution is 7.09. The van der Waals surface area contributed by atoms with Crippen molar-refractivity contribution in [1.82, 2.24) is 10.2 Å². The number of hydrogen-bond donors (Lipinski definition) is 1. The Morgan fingerprint density at radius 2 is 1.89 bits per heavy atom. The molecule has 0 bridgehead atoms. The predicted octanol–water partition coefficient (Wildman–Crippen LogP) is 3.90. The van der Waals surface area contributed by atoms with Crippen LogP contribution in [0, 0.1) is 0 Å². The van der Waals surface area contributed by atoms with E-state index in [9.17, 15) is 9.59 Å². The van der Waals surface area contributed by atoms with Gasteiger partial charge in [-0.25, -0.2) is 0 Å². The maximum absolute atomic E-state index is 12.8.